The Morgan fingerprint density at radius 1 is 1.46 bits per heavy atom. The zero-order valence-electron chi connectivity index (χ0n) is 7.88. The maximum atomic E-state index is 9.37. The monoisotopic (exact) mass is 177 g/mol. The van der Waals surface area contributed by atoms with Crippen molar-refractivity contribution in [2.45, 2.75) is 25.3 Å². The van der Waals surface area contributed by atoms with Gasteiger partial charge in [-0.2, -0.15) is 0 Å². The predicted octanol–water partition coefficient (Wildman–Crippen LogP) is 1.99. The Bertz CT molecular complexity index is 309. The molecular formula is C11H15NO. The molecule has 0 aliphatic heterocycles. The number of fused-ring (bicyclic) bond motifs is 1. The first kappa shape index (κ1) is 8.57. The van der Waals surface area contributed by atoms with Gasteiger partial charge in [-0.05, 0) is 49.6 Å². The molecule has 1 aliphatic rings. The zero-order valence-corrected chi connectivity index (χ0v) is 7.88. The largest absolute Gasteiger partial charge is 0.508 e. The van der Waals surface area contributed by atoms with Crippen LogP contribution in [0.3, 0.4) is 0 Å². The highest BCUT2D eigenvalue weighted by molar-refractivity contribution is 5.38. The molecule has 1 aliphatic carbocycles. The SMILES string of the molecule is CNC1CCCc2ccc(O)cc21. The molecule has 0 heterocycles. The predicted molar refractivity (Wildman–Crippen MR) is 52.8 cm³/mol. The molecule has 2 nitrogen and oxygen atoms in total. The molecule has 2 N–H and O–H groups in total. The van der Waals surface area contributed by atoms with E-state index >= 15 is 0 Å². The minimum Gasteiger partial charge on any atom is -0.508 e. The summed E-state index contributed by atoms with van der Waals surface area (Å²) in [6.07, 6.45) is 3.56. The number of hydrogen-bond acceptors (Lipinski definition) is 2. The van der Waals surface area contributed by atoms with E-state index in [9.17, 15) is 5.11 Å². The first-order chi connectivity index (χ1) is 6.31. The van der Waals surface area contributed by atoms with E-state index in [1.807, 2.05) is 19.2 Å². The first-order valence-corrected chi connectivity index (χ1v) is 4.80. The molecule has 0 bridgehead atoms. The Kier molecular flexibility index (Phi) is 2.23. The van der Waals surface area contributed by atoms with Crippen LogP contribution in [0.15, 0.2) is 18.2 Å². The van der Waals surface area contributed by atoms with E-state index in [4.69, 9.17) is 0 Å². The standard InChI is InChI=1S/C11H15NO/c1-12-11-4-2-3-8-5-6-9(13)7-10(8)11/h5-7,11-13H,2-4H2,1H3. The number of nitrogens with one attached hydrogen (secondary N) is 1. The minimum atomic E-state index is 0.376. The highest BCUT2D eigenvalue weighted by Gasteiger charge is 2.18. The van der Waals surface area contributed by atoms with Crippen LogP contribution in [0.5, 0.6) is 5.75 Å². The van der Waals surface area contributed by atoms with E-state index in [1.54, 1.807) is 6.07 Å². The van der Waals surface area contributed by atoms with Crippen LogP contribution in [0, 0.1) is 0 Å². The molecular weight excluding hydrogens is 162 g/mol. The van der Waals surface area contributed by atoms with E-state index in [-0.39, 0.29) is 0 Å². The van der Waals surface area contributed by atoms with Crippen LogP contribution in [0.4, 0.5) is 0 Å². The van der Waals surface area contributed by atoms with Crippen LogP contribution < -0.4 is 5.32 Å². The molecule has 1 aromatic carbocycles. The Balaban J connectivity index is 2.41. The first-order valence-electron chi connectivity index (χ1n) is 4.80. The van der Waals surface area contributed by atoms with Crippen LogP contribution in [0.1, 0.15) is 30.0 Å². The lowest BCUT2D eigenvalue weighted by atomic mass is 9.88. The van der Waals surface area contributed by atoms with Crippen molar-refractivity contribution < 1.29 is 5.11 Å². The minimum absolute atomic E-state index is 0.376. The number of hydrogen-bond donors (Lipinski definition) is 2. The van der Waals surface area contributed by atoms with Gasteiger partial charge in [-0.15, -0.1) is 0 Å². The lowest BCUT2D eigenvalue weighted by molar-refractivity contribution is 0.462. The number of rotatable bonds is 1. The summed E-state index contributed by atoms with van der Waals surface area (Å²) < 4.78 is 0. The molecule has 13 heavy (non-hydrogen) atoms. The molecule has 0 saturated heterocycles. The Morgan fingerprint density at radius 2 is 2.31 bits per heavy atom. The van der Waals surface area contributed by atoms with Gasteiger partial charge in [0.25, 0.3) is 0 Å². The van der Waals surface area contributed by atoms with Gasteiger partial charge in [-0.1, -0.05) is 6.07 Å². The van der Waals surface area contributed by atoms with Crippen LogP contribution in [0.25, 0.3) is 0 Å². The van der Waals surface area contributed by atoms with Gasteiger partial charge in [0.15, 0.2) is 0 Å². The average molecular weight is 177 g/mol. The van der Waals surface area contributed by atoms with Crippen molar-refractivity contribution >= 4 is 0 Å². The molecule has 2 heteroatoms. The van der Waals surface area contributed by atoms with Crippen LogP contribution in [-0.2, 0) is 6.42 Å². The highest BCUT2D eigenvalue weighted by Crippen LogP contribution is 2.31. The molecule has 1 aromatic rings. The summed E-state index contributed by atoms with van der Waals surface area (Å²) >= 11 is 0. The van der Waals surface area contributed by atoms with Crippen LogP contribution >= 0.6 is 0 Å². The molecule has 70 valence electrons. The molecule has 1 unspecified atom stereocenters. The third-order valence-corrected chi connectivity index (χ3v) is 2.79. The summed E-state index contributed by atoms with van der Waals surface area (Å²) in [5.74, 6) is 0.376. The van der Waals surface area contributed by atoms with E-state index in [1.165, 1.54) is 24.0 Å². The molecule has 0 spiro atoms. The molecule has 0 saturated carbocycles. The normalized spacial score (nSPS) is 21.2. The molecule has 1 atom stereocenters. The molecule has 2 rings (SSSR count). The van der Waals surface area contributed by atoms with Gasteiger partial charge in [-0.3, -0.25) is 0 Å². The number of phenolic OH excluding ortho intramolecular Hbond substituents is 1. The summed E-state index contributed by atoms with van der Waals surface area (Å²) in [6, 6.07) is 6.12. The summed E-state index contributed by atoms with van der Waals surface area (Å²) in [5.41, 5.74) is 2.65. The number of aromatic hydroxyl groups is 1. The maximum Gasteiger partial charge on any atom is 0.115 e. The lowest BCUT2D eigenvalue weighted by Gasteiger charge is -2.25. The fourth-order valence-corrected chi connectivity index (χ4v) is 2.09. The van der Waals surface area contributed by atoms with Crippen LogP contribution in [-0.4, -0.2) is 12.2 Å². The van der Waals surface area contributed by atoms with Crippen molar-refractivity contribution in [3.63, 3.8) is 0 Å². The van der Waals surface area contributed by atoms with E-state index in [2.05, 4.69) is 5.32 Å². The third kappa shape index (κ3) is 1.54. The van der Waals surface area contributed by atoms with Crippen molar-refractivity contribution in [1.29, 1.82) is 0 Å². The highest BCUT2D eigenvalue weighted by atomic mass is 16.3. The van der Waals surface area contributed by atoms with Gasteiger partial charge in [0.2, 0.25) is 0 Å². The summed E-state index contributed by atoms with van der Waals surface area (Å²) in [5, 5.41) is 12.6. The van der Waals surface area contributed by atoms with Gasteiger partial charge in [0.1, 0.15) is 5.75 Å². The summed E-state index contributed by atoms with van der Waals surface area (Å²) in [7, 11) is 1.98. The van der Waals surface area contributed by atoms with Crippen molar-refractivity contribution in [3.05, 3.63) is 29.3 Å². The zero-order chi connectivity index (χ0) is 9.26. The van der Waals surface area contributed by atoms with E-state index in [0.717, 1.165) is 6.42 Å². The fourth-order valence-electron chi connectivity index (χ4n) is 2.09. The van der Waals surface area contributed by atoms with Gasteiger partial charge in [0, 0.05) is 6.04 Å². The lowest BCUT2D eigenvalue weighted by Crippen LogP contribution is -2.21. The van der Waals surface area contributed by atoms with E-state index in [0.29, 0.717) is 11.8 Å². The van der Waals surface area contributed by atoms with Gasteiger partial charge >= 0.3 is 0 Å². The number of benzene rings is 1. The smallest absolute Gasteiger partial charge is 0.115 e. The second kappa shape index (κ2) is 3.38. The molecule has 0 aromatic heterocycles. The second-order valence-corrected chi connectivity index (χ2v) is 3.62. The van der Waals surface area contributed by atoms with Gasteiger partial charge in [-0.25, -0.2) is 0 Å². The second-order valence-electron chi connectivity index (χ2n) is 3.62. The van der Waals surface area contributed by atoms with Gasteiger partial charge < -0.3 is 10.4 Å². The van der Waals surface area contributed by atoms with Crippen molar-refractivity contribution in [2.75, 3.05) is 7.05 Å². The van der Waals surface area contributed by atoms with Crippen molar-refractivity contribution in [2.24, 2.45) is 0 Å². The Hall–Kier alpha value is -1.02. The summed E-state index contributed by atoms with van der Waals surface area (Å²) in [6.45, 7) is 0. The molecule has 0 fully saturated rings. The van der Waals surface area contributed by atoms with Crippen molar-refractivity contribution in [1.82, 2.24) is 5.32 Å². The Labute approximate surface area is 78.6 Å². The topological polar surface area (TPSA) is 32.3 Å². The van der Waals surface area contributed by atoms with Gasteiger partial charge in [0.05, 0.1) is 0 Å². The number of phenols is 1. The maximum absolute atomic E-state index is 9.37. The average Bonchev–Trinajstić information content (AvgIpc) is 2.17. The third-order valence-electron chi connectivity index (χ3n) is 2.79. The quantitative estimate of drug-likeness (QED) is 0.687. The molecule has 0 radical (unpaired) electrons. The van der Waals surface area contributed by atoms with Crippen molar-refractivity contribution in [3.8, 4) is 5.75 Å². The Morgan fingerprint density at radius 3 is 3.08 bits per heavy atom. The number of aryl methyl sites for hydroxylation is 1. The fraction of sp³-hybridized carbons (Fsp3) is 0.455. The van der Waals surface area contributed by atoms with E-state index < -0.39 is 0 Å². The summed E-state index contributed by atoms with van der Waals surface area (Å²) in [4.78, 5) is 0. The van der Waals surface area contributed by atoms with Crippen LogP contribution in [0.2, 0.25) is 0 Å². The molecule has 0 amide bonds.